The number of carbonyl (C=O) groups is 1. The Morgan fingerprint density at radius 3 is 2.52 bits per heavy atom. The van der Waals surface area contributed by atoms with Crippen molar-refractivity contribution in [3.63, 3.8) is 0 Å². The first-order chi connectivity index (χ1) is 11.1. The van der Waals surface area contributed by atoms with Gasteiger partial charge in [0.2, 0.25) is 0 Å². The standard InChI is InChI=1S/C16H21N3O4/c1-23-15-8-11(2-3-14(15)19(21)22)16(20)18-6-4-12-9-17-10-13(12)5-7-18/h2-3,8,12-13,17H,4-7,9-10H2,1H3/t12-,13+. The number of nitrogens with one attached hydrogen (secondary N) is 1. The largest absolute Gasteiger partial charge is 0.490 e. The second-order valence-corrected chi connectivity index (χ2v) is 6.19. The lowest BCUT2D eigenvalue weighted by Crippen LogP contribution is -2.32. The Morgan fingerprint density at radius 2 is 1.96 bits per heavy atom. The highest BCUT2D eigenvalue weighted by molar-refractivity contribution is 5.95. The van der Waals surface area contributed by atoms with Crippen molar-refractivity contribution in [3.05, 3.63) is 33.9 Å². The van der Waals surface area contributed by atoms with Crippen LogP contribution in [0.3, 0.4) is 0 Å². The third-order valence-corrected chi connectivity index (χ3v) is 4.93. The summed E-state index contributed by atoms with van der Waals surface area (Å²) in [7, 11) is 1.37. The summed E-state index contributed by atoms with van der Waals surface area (Å²) in [4.78, 5) is 25.0. The number of hydrogen-bond acceptors (Lipinski definition) is 5. The number of hydrogen-bond donors (Lipinski definition) is 1. The summed E-state index contributed by atoms with van der Waals surface area (Å²) in [5, 5.41) is 14.4. The first-order valence-corrected chi connectivity index (χ1v) is 7.92. The fourth-order valence-corrected chi connectivity index (χ4v) is 3.57. The van der Waals surface area contributed by atoms with E-state index in [0.29, 0.717) is 17.4 Å². The molecule has 0 radical (unpaired) electrons. The lowest BCUT2D eigenvalue weighted by molar-refractivity contribution is -0.385. The summed E-state index contributed by atoms with van der Waals surface area (Å²) < 4.78 is 5.05. The van der Waals surface area contributed by atoms with Gasteiger partial charge in [-0.2, -0.15) is 0 Å². The zero-order valence-corrected chi connectivity index (χ0v) is 13.2. The molecule has 1 N–H and O–H groups in total. The molecule has 7 nitrogen and oxygen atoms in total. The van der Waals surface area contributed by atoms with Crippen LogP contribution in [0.4, 0.5) is 5.69 Å². The van der Waals surface area contributed by atoms with Gasteiger partial charge < -0.3 is 15.0 Å². The molecule has 2 saturated heterocycles. The number of benzene rings is 1. The lowest BCUT2D eigenvalue weighted by atomic mass is 9.92. The summed E-state index contributed by atoms with van der Waals surface area (Å²) >= 11 is 0. The first-order valence-electron chi connectivity index (χ1n) is 7.92. The number of likely N-dealkylation sites (tertiary alicyclic amines) is 1. The predicted molar refractivity (Wildman–Crippen MR) is 84.6 cm³/mol. The number of methoxy groups -OCH3 is 1. The minimum absolute atomic E-state index is 0.0777. The van der Waals surface area contributed by atoms with Crippen molar-refractivity contribution in [1.29, 1.82) is 0 Å². The van der Waals surface area contributed by atoms with E-state index in [-0.39, 0.29) is 17.3 Å². The van der Waals surface area contributed by atoms with E-state index >= 15 is 0 Å². The first kappa shape index (κ1) is 15.7. The van der Waals surface area contributed by atoms with Crippen LogP contribution >= 0.6 is 0 Å². The molecule has 1 amide bonds. The molecule has 124 valence electrons. The zero-order chi connectivity index (χ0) is 16.4. The highest BCUT2D eigenvalue weighted by Gasteiger charge is 2.32. The van der Waals surface area contributed by atoms with Crippen LogP contribution in [0, 0.1) is 22.0 Å². The van der Waals surface area contributed by atoms with Crippen LogP contribution in [0.1, 0.15) is 23.2 Å². The van der Waals surface area contributed by atoms with E-state index < -0.39 is 4.92 Å². The van der Waals surface area contributed by atoms with Crippen molar-refractivity contribution in [2.45, 2.75) is 12.8 Å². The Labute approximate surface area is 134 Å². The van der Waals surface area contributed by atoms with Crippen LogP contribution < -0.4 is 10.1 Å². The zero-order valence-electron chi connectivity index (χ0n) is 13.2. The van der Waals surface area contributed by atoms with Gasteiger partial charge in [0.15, 0.2) is 5.75 Å². The number of rotatable bonds is 3. The van der Waals surface area contributed by atoms with Gasteiger partial charge in [0.25, 0.3) is 5.91 Å². The minimum Gasteiger partial charge on any atom is -0.490 e. The molecule has 2 heterocycles. The van der Waals surface area contributed by atoms with Crippen LogP contribution in [-0.4, -0.2) is 49.0 Å². The van der Waals surface area contributed by atoms with E-state index in [2.05, 4.69) is 5.32 Å². The molecule has 2 aliphatic heterocycles. The summed E-state index contributed by atoms with van der Waals surface area (Å²) in [6.07, 6.45) is 2.01. The predicted octanol–water partition coefficient (Wildman–Crippen LogP) is 1.67. The van der Waals surface area contributed by atoms with Crippen molar-refractivity contribution in [3.8, 4) is 5.75 Å². The van der Waals surface area contributed by atoms with Gasteiger partial charge in [-0.05, 0) is 43.8 Å². The van der Waals surface area contributed by atoms with Crippen molar-refractivity contribution >= 4 is 11.6 Å². The number of nitro benzene ring substituents is 1. The molecule has 0 spiro atoms. The second kappa shape index (κ2) is 6.54. The molecule has 7 heteroatoms. The third-order valence-electron chi connectivity index (χ3n) is 4.93. The average molecular weight is 319 g/mol. The van der Waals surface area contributed by atoms with Gasteiger partial charge in [-0.3, -0.25) is 14.9 Å². The molecule has 3 rings (SSSR count). The molecule has 0 bridgehead atoms. The van der Waals surface area contributed by atoms with E-state index in [1.54, 1.807) is 0 Å². The molecule has 2 atom stereocenters. The van der Waals surface area contributed by atoms with Gasteiger partial charge in [-0.15, -0.1) is 0 Å². The maximum atomic E-state index is 12.7. The van der Waals surface area contributed by atoms with Crippen LogP contribution in [-0.2, 0) is 0 Å². The Balaban J connectivity index is 1.76. The van der Waals surface area contributed by atoms with Crippen molar-refractivity contribution in [1.82, 2.24) is 10.2 Å². The quantitative estimate of drug-likeness (QED) is 0.677. The summed E-state index contributed by atoms with van der Waals surface area (Å²) in [5.41, 5.74) is 0.318. The molecule has 0 aliphatic carbocycles. The summed E-state index contributed by atoms with van der Waals surface area (Å²) in [5.74, 6) is 1.35. The molecule has 2 aliphatic rings. The van der Waals surface area contributed by atoms with Gasteiger partial charge in [0.05, 0.1) is 12.0 Å². The van der Waals surface area contributed by atoms with Crippen molar-refractivity contribution in [2.75, 3.05) is 33.3 Å². The van der Waals surface area contributed by atoms with Crippen LogP contribution in [0.2, 0.25) is 0 Å². The monoisotopic (exact) mass is 319 g/mol. The van der Waals surface area contributed by atoms with Gasteiger partial charge in [0.1, 0.15) is 0 Å². The average Bonchev–Trinajstić information content (AvgIpc) is 2.92. The molecular formula is C16H21N3O4. The van der Waals surface area contributed by atoms with Gasteiger partial charge in [-0.1, -0.05) is 0 Å². The smallest absolute Gasteiger partial charge is 0.310 e. The molecule has 23 heavy (non-hydrogen) atoms. The van der Waals surface area contributed by atoms with Crippen molar-refractivity contribution in [2.24, 2.45) is 11.8 Å². The van der Waals surface area contributed by atoms with Crippen LogP contribution in [0.15, 0.2) is 18.2 Å². The molecule has 1 aromatic carbocycles. The van der Waals surface area contributed by atoms with E-state index in [0.717, 1.165) is 39.0 Å². The number of nitrogens with zero attached hydrogens (tertiary/aromatic N) is 2. The number of nitro groups is 1. The van der Waals surface area contributed by atoms with Crippen molar-refractivity contribution < 1.29 is 14.5 Å². The lowest BCUT2D eigenvalue weighted by Gasteiger charge is -2.21. The third kappa shape index (κ3) is 3.14. The Morgan fingerprint density at radius 1 is 1.30 bits per heavy atom. The SMILES string of the molecule is COc1cc(C(=O)N2CC[C@@H]3CNC[C@@H]3CC2)ccc1[N+](=O)[O-]. The maximum Gasteiger partial charge on any atom is 0.310 e. The maximum absolute atomic E-state index is 12.7. The molecule has 0 saturated carbocycles. The second-order valence-electron chi connectivity index (χ2n) is 6.19. The molecule has 2 fully saturated rings. The normalized spacial score (nSPS) is 24.0. The molecule has 0 aromatic heterocycles. The van der Waals surface area contributed by atoms with E-state index in [1.165, 1.54) is 25.3 Å². The molecule has 0 unspecified atom stereocenters. The Bertz CT molecular complexity index is 605. The van der Waals surface area contributed by atoms with Gasteiger partial charge in [-0.25, -0.2) is 0 Å². The number of ether oxygens (including phenoxy) is 1. The highest BCUT2D eigenvalue weighted by Crippen LogP contribution is 2.30. The van der Waals surface area contributed by atoms with Gasteiger partial charge in [0, 0.05) is 30.8 Å². The van der Waals surface area contributed by atoms with E-state index in [9.17, 15) is 14.9 Å². The summed E-state index contributed by atoms with van der Waals surface area (Å²) in [6, 6.07) is 4.31. The molecular weight excluding hydrogens is 298 g/mol. The minimum atomic E-state index is -0.507. The van der Waals surface area contributed by atoms with E-state index in [1.807, 2.05) is 4.90 Å². The Hall–Kier alpha value is -2.15. The van der Waals surface area contributed by atoms with E-state index in [4.69, 9.17) is 4.74 Å². The Kier molecular flexibility index (Phi) is 4.47. The highest BCUT2D eigenvalue weighted by atomic mass is 16.6. The number of fused-ring (bicyclic) bond motifs is 1. The number of amides is 1. The fraction of sp³-hybridized carbons (Fsp3) is 0.562. The van der Waals surface area contributed by atoms with Crippen LogP contribution in [0.25, 0.3) is 0 Å². The van der Waals surface area contributed by atoms with Crippen LogP contribution in [0.5, 0.6) is 5.75 Å². The molecule has 1 aromatic rings. The topological polar surface area (TPSA) is 84.7 Å². The fourth-order valence-electron chi connectivity index (χ4n) is 3.57. The van der Waals surface area contributed by atoms with Gasteiger partial charge >= 0.3 is 5.69 Å². The number of carbonyl (C=O) groups excluding carboxylic acids is 1. The summed E-state index contributed by atoms with van der Waals surface area (Å²) in [6.45, 7) is 3.55.